The SMILES string of the molecule is CC(=O)N[C@H](C)c1nccc2c1[nH]c1ccc(Cl)cc12. The van der Waals surface area contributed by atoms with Crippen LogP contribution in [-0.4, -0.2) is 15.9 Å². The van der Waals surface area contributed by atoms with Crippen LogP contribution in [0.25, 0.3) is 21.8 Å². The van der Waals surface area contributed by atoms with Gasteiger partial charge >= 0.3 is 0 Å². The molecule has 2 aromatic heterocycles. The number of nitrogens with one attached hydrogen (secondary N) is 2. The molecule has 1 amide bonds. The van der Waals surface area contributed by atoms with Crippen molar-refractivity contribution in [3.05, 3.63) is 41.2 Å². The minimum absolute atomic E-state index is 0.0736. The van der Waals surface area contributed by atoms with Gasteiger partial charge in [-0.25, -0.2) is 0 Å². The number of amides is 1. The molecule has 0 saturated carbocycles. The quantitative estimate of drug-likeness (QED) is 0.757. The average Bonchev–Trinajstić information content (AvgIpc) is 2.75. The Morgan fingerprint density at radius 1 is 1.35 bits per heavy atom. The summed E-state index contributed by atoms with van der Waals surface area (Å²) in [5.74, 6) is -0.0736. The molecule has 2 heterocycles. The molecule has 0 unspecified atom stereocenters. The Kier molecular flexibility index (Phi) is 3.10. The van der Waals surface area contributed by atoms with Gasteiger partial charge in [0.1, 0.15) is 0 Å². The van der Waals surface area contributed by atoms with Crippen LogP contribution in [0, 0.1) is 0 Å². The molecule has 2 N–H and O–H groups in total. The van der Waals surface area contributed by atoms with Gasteiger partial charge in [0.2, 0.25) is 5.91 Å². The van der Waals surface area contributed by atoms with Crippen LogP contribution in [0.4, 0.5) is 0 Å². The number of halogens is 1. The number of carbonyl (C=O) groups is 1. The molecule has 0 saturated heterocycles. The number of nitrogens with zero attached hydrogens (tertiary/aromatic N) is 1. The smallest absolute Gasteiger partial charge is 0.217 e. The Balaban J connectivity index is 2.24. The molecule has 102 valence electrons. The van der Waals surface area contributed by atoms with E-state index in [2.05, 4.69) is 15.3 Å². The maximum Gasteiger partial charge on any atom is 0.217 e. The first-order chi connectivity index (χ1) is 9.56. The first-order valence-electron chi connectivity index (χ1n) is 6.39. The molecule has 20 heavy (non-hydrogen) atoms. The summed E-state index contributed by atoms with van der Waals surface area (Å²) in [7, 11) is 0. The minimum Gasteiger partial charge on any atom is -0.353 e. The highest BCUT2D eigenvalue weighted by atomic mass is 35.5. The van der Waals surface area contributed by atoms with Crippen molar-refractivity contribution >= 4 is 39.3 Å². The predicted molar refractivity (Wildman–Crippen MR) is 80.8 cm³/mol. The van der Waals surface area contributed by atoms with Gasteiger partial charge in [0.15, 0.2) is 0 Å². The van der Waals surface area contributed by atoms with Crippen molar-refractivity contribution in [3.8, 4) is 0 Å². The largest absolute Gasteiger partial charge is 0.353 e. The summed E-state index contributed by atoms with van der Waals surface area (Å²) >= 11 is 6.06. The van der Waals surface area contributed by atoms with Crippen molar-refractivity contribution in [2.24, 2.45) is 0 Å². The second kappa shape index (κ2) is 4.80. The Bertz CT molecular complexity index is 809. The second-order valence-electron chi connectivity index (χ2n) is 4.86. The highest BCUT2D eigenvalue weighted by Crippen LogP contribution is 2.30. The van der Waals surface area contributed by atoms with E-state index in [1.54, 1.807) is 6.20 Å². The van der Waals surface area contributed by atoms with E-state index in [1.165, 1.54) is 6.92 Å². The van der Waals surface area contributed by atoms with E-state index < -0.39 is 0 Å². The summed E-state index contributed by atoms with van der Waals surface area (Å²) in [6, 6.07) is 7.53. The van der Waals surface area contributed by atoms with Crippen molar-refractivity contribution in [2.45, 2.75) is 19.9 Å². The number of benzene rings is 1. The molecule has 0 aliphatic heterocycles. The summed E-state index contributed by atoms with van der Waals surface area (Å²) < 4.78 is 0. The molecule has 0 aliphatic rings. The summed E-state index contributed by atoms with van der Waals surface area (Å²) in [4.78, 5) is 19.0. The Morgan fingerprint density at radius 3 is 2.90 bits per heavy atom. The monoisotopic (exact) mass is 287 g/mol. The number of hydrogen-bond acceptors (Lipinski definition) is 2. The zero-order chi connectivity index (χ0) is 14.3. The lowest BCUT2D eigenvalue weighted by molar-refractivity contribution is -0.119. The lowest BCUT2D eigenvalue weighted by Crippen LogP contribution is -2.24. The standard InChI is InChI=1S/C15H14ClN3O/c1-8(18-9(2)20)14-15-11(5-6-17-14)12-7-10(16)3-4-13(12)19-15/h3-8,19H,1-2H3,(H,18,20)/t8-/m1/s1. The van der Waals surface area contributed by atoms with Crippen LogP contribution in [-0.2, 0) is 4.79 Å². The normalized spacial score (nSPS) is 12.8. The van der Waals surface area contributed by atoms with Crippen LogP contribution < -0.4 is 5.32 Å². The number of pyridine rings is 1. The topological polar surface area (TPSA) is 57.8 Å². The first-order valence-corrected chi connectivity index (χ1v) is 6.77. The van der Waals surface area contributed by atoms with Crippen molar-refractivity contribution in [3.63, 3.8) is 0 Å². The second-order valence-corrected chi connectivity index (χ2v) is 5.29. The van der Waals surface area contributed by atoms with Crippen molar-refractivity contribution < 1.29 is 4.79 Å². The lowest BCUT2D eigenvalue weighted by Gasteiger charge is -2.12. The third-order valence-electron chi connectivity index (χ3n) is 3.34. The molecule has 3 aromatic rings. The molecule has 0 aliphatic carbocycles. The molecule has 0 fully saturated rings. The Labute approximate surface area is 121 Å². The van der Waals surface area contributed by atoms with Gasteiger partial charge in [-0.3, -0.25) is 9.78 Å². The van der Waals surface area contributed by atoms with Gasteiger partial charge in [-0.15, -0.1) is 0 Å². The van der Waals surface area contributed by atoms with E-state index in [-0.39, 0.29) is 11.9 Å². The summed E-state index contributed by atoms with van der Waals surface area (Å²) in [6.07, 6.45) is 1.75. The fraction of sp³-hybridized carbons (Fsp3) is 0.200. The van der Waals surface area contributed by atoms with Crippen molar-refractivity contribution in [1.82, 2.24) is 15.3 Å². The van der Waals surface area contributed by atoms with Crippen molar-refractivity contribution in [2.75, 3.05) is 0 Å². The van der Waals surface area contributed by atoms with Crippen LogP contribution in [0.5, 0.6) is 0 Å². The van der Waals surface area contributed by atoms with E-state index in [0.717, 1.165) is 27.5 Å². The molecule has 0 bridgehead atoms. The van der Waals surface area contributed by atoms with Crippen LogP contribution >= 0.6 is 11.6 Å². The van der Waals surface area contributed by atoms with Crippen LogP contribution in [0.15, 0.2) is 30.5 Å². The Morgan fingerprint density at radius 2 is 2.15 bits per heavy atom. The van der Waals surface area contributed by atoms with Gasteiger partial charge < -0.3 is 10.3 Å². The van der Waals surface area contributed by atoms with Crippen LogP contribution in [0.2, 0.25) is 5.02 Å². The highest BCUT2D eigenvalue weighted by molar-refractivity contribution is 6.31. The van der Waals surface area contributed by atoms with Crippen LogP contribution in [0.3, 0.4) is 0 Å². The fourth-order valence-corrected chi connectivity index (χ4v) is 2.69. The zero-order valence-corrected chi connectivity index (χ0v) is 12.0. The summed E-state index contributed by atoms with van der Waals surface area (Å²) in [5, 5.41) is 5.68. The first kappa shape index (κ1) is 12.9. The van der Waals surface area contributed by atoms with Gasteiger partial charge in [-0.05, 0) is 31.2 Å². The Hall–Kier alpha value is -2.07. The van der Waals surface area contributed by atoms with Gasteiger partial charge in [0, 0.05) is 34.4 Å². The number of fused-ring (bicyclic) bond motifs is 3. The highest BCUT2D eigenvalue weighted by Gasteiger charge is 2.15. The molecule has 5 heteroatoms. The number of H-pyrrole nitrogens is 1. The number of aromatic amines is 1. The third-order valence-corrected chi connectivity index (χ3v) is 3.58. The number of rotatable bonds is 2. The summed E-state index contributed by atoms with van der Waals surface area (Å²) in [5.41, 5.74) is 2.77. The maximum atomic E-state index is 11.2. The number of hydrogen-bond donors (Lipinski definition) is 2. The molecular weight excluding hydrogens is 274 g/mol. The molecule has 0 spiro atoms. The summed E-state index contributed by atoms with van der Waals surface area (Å²) in [6.45, 7) is 3.42. The van der Waals surface area contributed by atoms with E-state index in [4.69, 9.17) is 11.6 Å². The van der Waals surface area contributed by atoms with E-state index >= 15 is 0 Å². The van der Waals surface area contributed by atoms with Crippen molar-refractivity contribution in [1.29, 1.82) is 0 Å². The van der Waals surface area contributed by atoms with E-state index in [1.807, 2.05) is 31.2 Å². The molecule has 1 atom stereocenters. The number of aromatic nitrogens is 2. The third kappa shape index (κ3) is 2.12. The van der Waals surface area contributed by atoms with E-state index in [9.17, 15) is 4.79 Å². The van der Waals surface area contributed by atoms with Crippen LogP contribution in [0.1, 0.15) is 25.6 Å². The van der Waals surface area contributed by atoms with E-state index in [0.29, 0.717) is 5.02 Å². The minimum atomic E-state index is -0.153. The fourth-order valence-electron chi connectivity index (χ4n) is 2.52. The van der Waals surface area contributed by atoms with Gasteiger partial charge in [0.25, 0.3) is 0 Å². The molecule has 1 aromatic carbocycles. The predicted octanol–water partition coefficient (Wildman–Crippen LogP) is 3.57. The van der Waals surface area contributed by atoms with Gasteiger partial charge in [0.05, 0.1) is 17.3 Å². The van der Waals surface area contributed by atoms with Gasteiger partial charge in [-0.2, -0.15) is 0 Å². The zero-order valence-electron chi connectivity index (χ0n) is 11.2. The molecule has 3 rings (SSSR count). The van der Waals surface area contributed by atoms with Gasteiger partial charge in [-0.1, -0.05) is 11.6 Å². The molecule has 4 nitrogen and oxygen atoms in total. The lowest BCUT2D eigenvalue weighted by atomic mass is 10.1. The molecule has 0 radical (unpaired) electrons. The number of carbonyl (C=O) groups excluding carboxylic acids is 1. The molecular formula is C15H14ClN3O. The maximum absolute atomic E-state index is 11.2. The average molecular weight is 288 g/mol.